The Bertz CT molecular complexity index is 1230. The normalized spacial score (nSPS) is 11.8. The molecule has 3 nitrogen and oxygen atoms in total. The van der Waals surface area contributed by atoms with Crippen molar-refractivity contribution in [3.63, 3.8) is 0 Å². The summed E-state index contributed by atoms with van der Waals surface area (Å²) in [6.45, 7) is 2.09. The number of nitrogens with zero attached hydrogens (tertiary/aromatic N) is 2. The maximum absolute atomic E-state index is 5.80. The summed E-state index contributed by atoms with van der Waals surface area (Å²) in [5.74, 6) is 0.954. The molecular weight excluding hydrogens is 363 g/mol. The molecule has 0 fully saturated rings. The molecule has 0 radical (unpaired) electrons. The molecule has 24 heavy (non-hydrogen) atoms. The Labute approximate surface area is 144 Å². The first-order valence-electron chi connectivity index (χ1n) is 7.87. The minimum atomic E-state index is 0.214. The zero-order valence-corrected chi connectivity index (χ0v) is 15.1. The van der Waals surface area contributed by atoms with E-state index < -0.39 is 0 Å². The van der Waals surface area contributed by atoms with E-state index in [2.05, 4.69) is 47.9 Å². The van der Waals surface area contributed by atoms with Gasteiger partial charge in [0.1, 0.15) is 0 Å². The van der Waals surface area contributed by atoms with Gasteiger partial charge in [-0.05, 0) is 0 Å². The molecule has 116 valence electrons. The first-order chi connectivity index (χ1) is 11.7. The van der Waals surface area contributed by atoms with Crippen LogP contribution in [0.4, 0.5) is 0 Å². The van der Waals surface area contributed by atoms with Crippen molar-refractivity contribution in [3.05, 3.63) is 60.6 Å². The van der Waals surface area contributed by atoms with E-state index in [1.807, 2.05) is 19.4 Å². The van der Waals surface area contributed by atoms with E-state index in [4.69, 9.17) is 9.40 Å². The van der Waals surface area contributed by atoms with Crippen LogP contribution in [-0.2, 0) is 7.05 Å². The predicted octanol–water partition coefficient (Wildman–Crippen LogP) is 3.99. The van der Waals surface area contributed by atoms with Gasteiger partial charge in [0.25, 0.3) is 0 Å². The quantitative estimate of drug-likeness (QED) is 0.326. The van der Waals surface area contributed by atoms with Crippen LogP contribution in [0.15, 0.2) is 59.5 Å². The second-order valence-electron chi connectivity index (χ2n) is 6.08. The average molecular weight is 378 g/mol. The number of hydrogen-bond acceptors (Lipinski definition) is 2. The third-order valence-electron chi connectivity index (χ3n) is 4.56. The molecule has 3 heterocycles. The minimum absolute atomic E-state index is 0.214. The summed E-state index contributed by atoms with van der Waals surface area (Å²) in [5, 5.41) is 3.92. The molecule has 0 spiro atoms. The van der Waals surface area contributed by atoms with Crippen LogP contribution in [0.1, 0.15) is 5.56 Å². The van der Waals surface area contributed by atoms with Crippen LogP contribution in [0.5, 0.6) is 0 Å². The van der Waals surface area contributed by atoms with Gasteiger partial charge in [0.05, 0.1) is 0 Å². The van der Waals surface area contributed by atoms with Crippen molar-refractivity contribution in [3.8, 4) is 11.5 Å². The molecule has 0 unspecified atom stereocenters. The molecule has 0 saturated heterocycles. The van der Waals surface area contributed by atoms with Gasteiger partial charge in [-0.25, -0.2) is 0 Å². The molecule has 0 amide bonds. The number of aromatic nitrogens is 2. The van der Waals surface area contributed by atoms with Gasteiger partial charge in [-0.15, -0.1) is 0 Å². The molecule has 0 aliphatic rings. The van der Waals surface area contributed by atoms with Gasteiger partial charge in [0.2, 0.25) is 0 Å². The molecule has 0 saturated carbocycles. The fourth-order valence-electron chi connectivity index (χ4n) is 3.34. The summed E-state index contributed by atoms with van der Waals surface area (Å²) in [5.41, 5.74) is 3.43. The number of rotatable bonds is 1. The Kier molecular flexibility index (Phi) is 2.93. The van der Waals surface area contributed by atoms with E-state index in [9.17, 15) is 0 Å². The predicted molar refractivity (Wildman–Crippen MR) is 97.3 cm³/mol. The monoisotopic (exact) mass is 379 g/mol. The van der Waals surface area contributed by atoms with Gasteiger partial charge in [-0.1, -0.05) is 0 Å². The van der Waals surface area contributed by atoms with Crippen molar-refractivity contribution in [2.45, 2.75) is 6.92 Å². The maximum atomic E-state index is 5.80. The summed E-state index contributed by atoms with van der Waals surface area (Å²) < 4.78 is 10.6. The topological polar surface area (TPSA) is 29.9 Å². The van der Waals surface area contributed by atoms with E-state index in [-0.39, 0.29) is 14.5 Å². The summed E-state index contributed by atoms with van der Waals surface area (Å²) in [4.78, 5) is 4.74. The Balaban J connectivity index is 1.99. The van der Waals surface area contributed by atoms with Gasteiger partial charge in [-0.2, -0.15) is 0 Å². The van der Waals surface area contributed by atoms with Crippen molar-refractivity contribution in [2.75, 3.05) is 0 Å². The van der Waals surface area contributed by atoms with Gasteiger partial charge in [0, 0.05) is 0 Å². The zero-order valence-electron chi connectivity index (χ0n) is 13.4. The van der Waals surface area contributed by atoms with Gasteiger partial charge < -0.3 is 0 Å². The molecule has 0 atom stereocenters. The first kappa shape index (κ1) is 14.0. The SMILES string of the molecule is Cc1ccoc1-c1c2[se]c3c4ccccc4ccc3c2nc[n+]1C. The van der Waals surface area contributed by atoms with Crippen LogP contribution < -0.4 is 4.57 Å². The van der Waals surface area contributed by atoms with E-state index in [0.717, 1.165) is 22.5 Å². The Hall–Kier alpha value is -2.42. The van der Waals surface area contributed by atoms with Gasteiger partial charge >= 0.3 is 145 Å². The van der Waals surface area contributed by atoms with Crippen molar-refractivity contribution in [1.29, 1.82) is 0 Å². The molecule has 0 aliphatic carbocycles. The first-order valence-corrected chi connectivity index (χ1v) is 9.58. The van der Waals surface area contributed by atoms with Crippen LogP contribution in [0, 0.1) is 6.92 Å². The summed E-state index contributed by atoms with van der Waals surface area (Å²) >= 11 is 0.214. The molecule has 0 N–H and O–H groups in total. The molecule has 5 aromatic rings. The van der Waals surface area contributed by atoms with Crippen LogP contribution in [0.2, 0.25) is 0 Å². The number of hydrogen-bond donors (Lipinski definition) is 0. The molecule has 0 aliphatic heterocycles. The van der Waals surface area contributed by atoms with Gasteiger partial charge in [0.15, 0.2) is 0 Å². The Morgan fingerprint density at radius 3 is 2.71 bits per heavy atom. The standard InChI is InChI=1S/C20H15N2OSe/c1-12-9-10-23-18(12)17-20-16(21-11-22(17)2)15-8-7-13-5-3-4-6-14(13)19(15)24-20/h3-11H,1-2H3/q+1. The van der Waals surface area contributed by atoms with E-state index >= 15 is 0 Å². The van der Waals surface area contributed by atoms with Crippen molar-refractivity contribution >= 4 is 44.7 Å². The summed E-state index contributed by atoms with van der Waals surface area (Å²) in [6, 6.07) is 15.1. The zero-order chi connectivity index (χ0) is 16.3. The van der Waals surface area contributed by atoms with Gasteiger partial charge in [-0.3, -0.25) is 0 Å². The third kappa shape index (κ3) is 1.84. The molecule has 0 bridgehead atoms. The molecule has 4 heteroatoms. The number of aryl methyl sites for hydroxylation is 2. The summed E-state index contributed by atoms with van der Waals surface area (Å²) in [7, 11) is 2.04. The van der Waals surface area contributed by atoms with Crippen molar-refractivity contribution < 1.29 is 8.98 Å². The van der Waals surface area contributed by atoms with Crippen LogP contribution >= 0.6 is 0 Å². The van der Waals surface area contributed by atoms with E-state index in [1.54, 1.807) is 6.26 Å². The van der Waals surface area contributed by atoms with E-state index in [0.29, 0.717) is 0 Å². The fourth-order valence-corrected chi connectivity index (χ4v) is 6.21. The van der Waals surface area contributed by atoms with Crippen molar-refractivity contribution in [2.24, 2.45) is 7.05 Å². The third-order valence-corrected chi connectivity index (χ3v) is 7.15. The molecule has 3 aromatic heterocycles. The molecular formula is C20H15N2OSe+. The molecule has 2 aromatic carbocycles. The number of fused-ring (bicyclic) bond motifs is 5. The second kappa shape index (κ2) is 5.04. The van der Waals surface area contributed by atoms with Crippen LogP contribution in [-0.4, -0.2) is 19.5 Å². The number of furan rings is 1. The average Bonchev–Trinajstić information content (AvgIpc) is 3.18. The Morgan fingerprint density at radius 1 is 1.00 bits per heavy atom. The second-order valence-corrected chi connectivity index (χ2v) is 8.22. The van der Waals surface area contributed by atoms with Crippen LogP contribution in [0.25, 0.3) is 41.6 Å². The van der Waals surface area contributed by atoms with Crippen molar-refractivity contribution in [1.82, 2.24) is 4.98 Å². The summed E-state index contributed by atoms with van der Waals surface area (Å²) in [6.07, 6.45) is 3.67. The molecule has 5 rings (SSSR count). The number of benzene rings is 2. The fraction of sp³-hybridized carbons (Fsp3) is 0.100. The Morgan fingerprint density at radius 2 is 1.88 bits per heavy atom. The van der Waals surface area contributed by atoms with E-state index in [1.165, 1.54) is 24.7 Å². The van der Waals surface area contributed by atoms with Crippen LogP contribution in [0.3, 0.4) is 0 Å².